The van der Waals surface area contributed by atoms with Crippen LogP contribution < -0.4 is 20.8 Å². The van der Waals surface area contributed by atoms with E-state index >= 15 is 0 Å². The number of nitrogens with zero attached hydrogens (tertiary/aromatic N) is 1. The summed E-state index contributed by atoms with van der Waals surface area (Å²) < 4.78 is 46.9. The Morgan fingerprint density at radius 3 is 2.71 bits per heavy atom. The maximum Gasteiger partial charge on any atom is 0.350 e. The van der Waals surface area contributed by atoms with E-state index in [4.69, 9.17) is 4.74 Å². The lowest BCUT2D eigenvalue weighted by molar-refractivity contribution is 0.285. The fraction of sp³-hybridized carbons (Fsp3) is 0.550. The number of sulfonamides is 1. The first kappa shape index (κ1) is 23.1. The predicted molar refractivity (Wildman–Crippen MR) is 113 cm³/mol. The van der Waals surface area contributed by atoms with E-state index in [9.17, 15) is 22.4 Å². The first-order valence-electron chi connectivity index (χ1n) is 10.3. The van der Waals surface area contributed by atoms with Crippen molar-refractivity contribution in [2.24, 2.45) is 5.92 Å². The molecule has 1 aliphatic carbocycles. The van der Waals surface area contributed by atoms with E-state index in [1.807, 2.05) is 4.98 Å². The van der Waals surface area contributed by atoms with Gasteiger partial charge in [0.15, 0.2) is 11.6 Å². The third-order valence-electron chi connectivity index (χ3n) is 5.02. The molecule has 0 spiro atoms. The number of aryl methyl sites for hydroxylation is 1. The first-order chi connectivity index (χ1) is 14.7. The molecule has 2 aromatic rings. The summed E-state index contributed by atoms with van der Waals surface area (Å²) in [7, 11) is -3.54. The molecule has 0 unspecified atom stereocenters. The summed E-state index contributed by atoms with van der Waals surface area (Å²) in [5, 5.41) is 0. The zero-order valence-electron chi connectivity index (χ0n) is 17.3. The Hall–Kier alpha value is -2.53. The Labute approximate surface area is 179 Å². The van der Waals surface area contributed by atoms with Crippen LogP contribution in [0, 0.1) is 11.7 Å². The van der Waals surface area contributed by atoms with E-state index in [-0.39, 0.29) is 17.3 Å². The summed E-state index contributed by atoms with van der Waals surface area (Å²) >= 11 is 0. The van der Waals surface area contributed by atoms with Gasteiger partial charge in [0.05, 0.1) is 12.4 Å². The number of rotatable bonds is 12. The highest BCUT2D eigenvalue weighted by atomic mass is 32.2. The van der Waals surface area contributed by atoms with Gasteiger partial charge in [-0.2, -0.15) is 4.98 Å². The van der Waals surface area contributed by atoms with E-state index in [2.05, 4.69) is 14.7 Å². The number of benzene rings is 1. The smallest absolute Gasteiger partial charge is 0.350 e. The van der Waals surface area contributed by atoms with Gasteiger partial charge in [-0.05, 0) is 56.2 Å². The average Bonchev–Trinajstić information content (AvgIpc) is 3.50. The lowest BCUT2D eigenvalue weighted by atomic mass is 10.1. The number of H-pyrrole nitrogens is 2. The van der Waals surface area contributed by atoms with E-state index in [0.717, 1.165) is 12.8 Å². The van der Waals surface area contributed by atoms with Gasteiger partial charge in [0.2, 0.25) is 10.0 Å². The maximum absolute atomic E-state index is 13.9. The number of aromatic amines is 2. The van der Waals surface area contributed by atoms with E-state index in [1.165, 1.54) is 6.07 Å². The summed E-state index contributed by atoms with van der Waals surface area (Å²) in [6.45, 7) is 2.17. The summed E-state index contributed by atoms with van der Waals surface area (Å²) in [5.41, 5.74) is -0.695. The third kappa shape index (κ3) is 7.59. The van der Waals surface area contributed by atoms with Crippen molar-refractivity contribution in [3.63, 3.8) is 0 Å². The molecule has 0 aliphatic heterocycles. The molecule has 1 fully saturated rings. The van der Waals surface area contributed by atoms with Crippen LogP contribution in [0.2, 0.25) is 0 Å². The molecule has 0 bridgehead atoms. The highest BCUT2D eigenvalue weighted by molar-refractivity contribution is 7.89. The van der Waals surface area contributed by atoms with E-state index in [0.29, 0.717) is 43.8 Å². The molecule has 0 saturated heterocycles. The van der Waals surface area contributed by atoms with Crippen molar-refractivity contribution in [2.75, 3.05) is 12.4 Å². The van der Waals surface area contributed by atoms with Crippen LogP contribution in [-0.2, 0) is 16.4 Å². The molecule has 3 rings (SSSR count). The van der Waals surface area contributed by atoms with Gasteiger partial charge >= 0.3 is 11.4 Å². The summed E-state index contributed by atoms with van der Waals surface area (Å²) in [4.78, 5) is 30.4. The molecule has 1 aromatic heterocycles. The molecule has 1 atom stereocenters. The minimum Gasteiger partial charge on any atom is -0.490 e. The second kappa shape index (κ2) is 10.2. The van der Waals surface area contributed by atoms with Gasteiger partial charge in [0.1, 0.15) is 5.82 Å². The van der Waals surface area contributed by atoms with Crippen molar-refractivity contribution in [2.45, 2.75) is 51.5 Å². The van der Waals surface area contributed by atoms with Crippen LogP contribution in [0.4, 0.5) is 4.39 Å². The quantitative estimate of drug-likeness (QED) is 0.419. The van der Waals surface area contributed by atoms with Crippen LogP contribution in [0.5, 0.6) is 5.75 Å². The molecule has 1 heterocycles. The Morgan fingerprint density at radius 2 is 2.00 bits per heavy atom. The molecule has 1 saturated carbocycles. The van der Waals surface area contributed by atoms with Crippen LogP contribution in [0.25, 0.3) is 0 Å². The zero-order chi connectivity index (χ0) is 22.4. The van der Waals surface area contributed by atoms with Crippen molar-refractivity contribution < 1.29 is 17.5 Å². The highest BCUT2D eigenvalue weighted by Gasteiger charge is 2.23. The zero-order valence-corrected chi connectivity index (χ0v) is 18.1. The molecule has 0 amide bonds. The second-order valence-corrected chi connectivity index (χ2v) is 9.73. The fourth-order valence-corrected chi connectivity index (χ4v) is 4.48. The molecular formula is C20H27FN4O5S. The van der Waals surface area contributed by atoms with Crippen molar-refractivity contribution in [3.05, 3.63) is 56.4 Å². The van der Waals surface area contributed by atoms with E-state index < -0.39 is 33.3 Å². The number of hydrogen-bond acceptors (Lipinski definition) is 6. The minimum absolute atomic E-state index is 0.0666. The summed E-state index contributed by atoms with van der Waals surface area (Å²) in [5.74, 6) is 0.373. The monoisotopic (exact) mass is 454 g/mol. The molecule has 11 heteroatoms. The first-order valence-corrected chi connectivity index (χ1v) is 12.0. The van der Waals surface area contributed by atoms with Crippen molar-refractivity contribution in [1.82, 2.24) is 19.7 Å². The molecule has 1 aliphatic rings. The number of nitrogens with one attached hydrogen (secondary N) is 3. The number of aromatic nitrogens is 3. The number of unbranched alkanes of at least 4 members (excludes halogenated alkanes) is 2. The standard InChI is InChI=1S/C20H27FN4O5S/c1-13(15-8-9-16(21)17(11-15)30-12-14-6-7-14)25-31(28,29)10-4-2-3-5-18-22-19(26)24-20(27)23-18/h8-9,11,13-14,25H,2-7,10,12H2,1H3,(H2,22,23,24,26,27)/t13-/m1/s1. The Balaban J connectivity index is 1.45. The lowest BCUT2D eigenvalue weighted by Gasteiger charge is -2.16. The van der Waals surface area contributed by atoms with Crippen LogP contribution >= 0.6 is 0 Å². The van der Waals surface area contributed by atoms with E-state index in [1.54, 1.807) is 19.1 Å². The third-order valence-corrected chi connectivity index (χ3v) is 6.56. The fourth-order valence-electron chi connectivity index (χ4n) is 3.11. The Morgan fingerprint density at radius 1 is 1.23 bits per heavy atom. The largest absolute Gasteiger partial charge is 0.490 e. The van der Waals surface area contributed by atoms with Crippen LogP contribution in [0.15, 0.2) is 27.8 Å². The van der Waals surface area contributed by atoms with Gasteiger partial charge < -0.3 is 4.74 Å². The van der Waals surface area contributed by atoms with Crippen molar-refractivity contribution in [1.29, 1.82) is 0 Å². The van der Waals surface area contributed by atoms with Gasteiger partial charge in [-0.15, -0.1) is 0 Å². The lowest BCUT2D eigenvalue weighted by Crippen LogP contribution is -2.29. The van der Waals surface area contributed by atoms with Gasteiger partial charge in [-0.3, -0.25) is 9.97 Å². The highest BCUT2D eigenvalue weighted by Crippen LogP contribution is 2.31. The number of halogens is 1. The summed E-state index contributed by atoms with van der Waals surface area (Å²) in [6, 6.07) is 3.84. The second-order valence-electron chi connectivity index (χ2n) is 7.86. The van der Waals surface area contributed by atoms with Gasteiger partial charge in [-0.25, -0.2) is 27.1 Å². The normalized spacial score (nSPS) is 15.0. The molecule has 31 heavy (non-hydrogen) atoms. The summed E-state index contributed by atoms with van der Waals surface area (Å²) in [6.07, 6.45) is 4.14. The van der Waals surface area contributed by atoms with Crippen LogP contribution in [0.3, 0.4) is 0 Å². The number of ether oxygens (including phenoxy) is 1. The van der Waals surface area contributed by atoms with Gasteiger partial charge in [0, 0.05) is 12.5 Å². The molecule has 1 aromatic carbocycles. The topological polar surface area (TPSA) is 134 Å². The predicted octanol–water partition coefficient (Wildman–Crippen LogP) is 1.78. The molecule has 3 N–H and O–H groups in total. The average molecular weight is 455 g/mol. The number of hydrogen-bond donors (Lipinski definition) is 3. The minimum atomic E-state index is -3.54. The van der Waals surface area contributed by atoms with Crippen molar-refractivity contribution >= 4 is 10.0 Å². The Kier molecular flexibility index (Phi) is 7.60. The molecule has 9 nitrogen and oxygen atoms in total. The maximum atomic E-state index is 13.9. The molecule has 0 radical (unpaired) electrons. The molecule has 170 valence electrons. The Bertz CT molecular complexity index is 1080. The van der Waals surface area contributed by atoms with Crippen molar-refractivity contribution in [3.8, 4) is 5.75 Å². The van der Waals surface area contributed by atoms with Crippen LogP contribution in [-0.4, -0.2) is 35.7 Å². The van der Waals surface area contributed by atoms with Crippen LogP contribution in [0.1, 0.15) is 56.5 Å². The molecular weight excluding hydrogens is 427 g/mol. The van der Waals surface area contributed by atoms with Gasteiger partial charge in [0.25, 0.3) is 0 Å². The van der Waals surface area contributed by atoms with Gasteiger partial charge in [-0.1, -0.05) is 12.5 Å². The SMILES string of the molecule is C[C@@H](NS(=O)(=O)CCCCCc1nc(=O)[nH]c(=O)[nH]1)c1ccc(F)c(OCC2CC2)c1.